The van der Waals surface area contributed by atoms with E-state index >= 15 is 0 Å². The number of nitrogens with zero attached hydrogens (tertiary/aromatic N) is 1. The van der Waals surface area contributed by atoms with E-state index in [9.17, 15) is 0 Å². The van der Waals surface area contributed by atoms with E-state index in [1.807, 2.05) is 0 Å². The Hall–Kier alpha value is -1.48. The number of nitrogens with one attached hydrogen (secondary N) is 1. The van der Waals surface area contributed by atoms with Gasteiger partial charge in [-0.25, -0.2) is 0 Å². The van der Waals surface area contributed by atoms with Crippen LogP contribution in [0.2, 0.25) is 0 Å². The van der Waals surface area contributed by atoms with Crippen molar-refractivity contribution in [3.8, 4) is 5.75 Å². The molecule has 1 atom stereocenters. The number of likely N-dealkylation sites (N-methyl/N-ethyl adjacent to an activating group) is 1. The third kappa shape index (κ3) is 2.76. The van der Waals surface area contributed by atoms with Crippen molar-refractivity contribution in [1.29, 1.82) is 0 Å². The topological polar surface area (TPSA) is 28.3 Å². The zero-order chi connectivity index (χ0) is 15.8. The summed E-state index contributed by atoms with van der Waals surface area (Å²) in [4.78, 5) is 6.31. The van der Waals surface area contributed by atoms with Crippen LogP contribution in [0.4, 0.5) is 0 Å². The third-order valence-corrected chi connectivity index (χ3v) is 6.02. The number of aromatic amines is 1. The molecule has 0 unspecified atom stereocenters. The van der Waals surface area contributed by atoms with Crippen LogP contribution in [-0.4, -0.2) is 36.6 Å². The number of H-pyrrole nitrogens is 1. The van der Waals surface area contributed by atoms with Crippen molar-refractivity contribution in [1.82, 2.24) is 9.88 Å². The van der Waals surface area contributed by atoms with Gasteiger partial charge in [0.25, 0.3) is 0 Å². The van der Waals surface area contributed by atoms with Crippen molar-refractivity contribution >= 4 is 10.9 Å². The van der Waals surface area contributed by atoms with Gasteiger partial charge in [0, 0.05) is 22.6 Å². The first-order chi connectivity index (χ1) is 11.3. The monoisotopic (exact) mass is 312 g/mol. The van der Waals surface area contributed by atoms with E-state index in [1.165, 1.54) is 68.1 Å². The molecule has 2 aliphatic rings. The molecule has 1 aromatic carbocycles. The molecule has 2 aromatic rings. The Morgan fingerprint density at radius 1 is 1.17 bits per heavy atom. The summed E-state index contributed by atoms with van der Waals surface area (Å²) in [7, 11) is 4.04. The minimum atomic E-state index is 0.695. The molecule has 0 radical (unpaired) electrons. The van der Waals surface area contributed by atoms with Gasteiger partial charge in [-0.1, -0.05) is 12.8 Å². The normalized spacial score (nSPS) is 23.1. The molecule has 23 heavy (non-hydrogen) atoms. The highest BCUT2D eigenvalue weighted by atomic mass is 16.5. The van der Waals surface area contributed by atoms with Crippen LogP contribution in [0.1, 0.15) is 55.7 Å². The predicted molar refractivity (Wildman–Crippen MR) is 95.4 cm³/mol. The summed E-state index contributed by atoms with van der Waals surface area (Å²) in [6, 6.07) is 7.19. The first-order valence-electron chi connectivity index (χ1n) is 9.15. The summed E-state index contributed by atoms with van der Waals surface area (Å²) in [6.45, 7) is 1.25. The lowest BCUT2D eigenvalue weighted by Crippen LogP contribution is -2.27. The van der Waals surface area contributed by atoms with Crippen molar-refractivity contribution < 1.29 is 4.74 Å². The molecule has 3 nitrogen and oxygen atoms in total. The van der Waals surface area contributed by atoms with Crippen molar-refractivity contribution in [2.24, 2.45) is 0 Å². The standard InChI is InChI=1S/C20H28N2O/c1-22-11-5-8-15(22)12-18-17-13-16(23-2)9-10-19(17)21-20(18)14-6-3-4-7-14/h9-10,13-15,21H,3-8,11-12H2,1-2H3/t15-/m1/s1. The molecule has 124 valence electrons. The van der Waals surface area contributed by atoms with Crippen molar-refractivity contribution in [2.45, 2.75) is 56.9 Å². The van der Waals surface area contributed by atoms with Crippen molar-refractivity contribution in [3.05, 3.63) is 29.5 Å². The Bertz CT molecular complexity index is 684. The lowest BCUT2D eigenvalue weighted by Gasteiger charge is -2.21. The highest BCUT2D eigenvalue weighted by molar-refractivity contribution is 5.86. The fourth-order valence-corrected chi connectivity index (χ4v) is 4.63. The molecule has 1 saturated heterocycles. The summed E-state index contributed by atoms with van der Waals surface area (Å²) in [5, 5.41) is 1.38. The molecule has 0 spiro atoms. The lowest BCUT2D eigenvalue weighted by molar-refractivity contribution is 0.309. The van der Waals surface area contributed by atoms with Gasteiger partial charge in [-0.2, -0.15) is 0 Å². The Balaban J connectivity index is 1.77. The van der Waals surface area contributed by atoms with E-state index in [2.05, 4.69) is 35.1 Å². The zero-order valence-electron chi connectivity index (χ0n) is 14.4. The molecule has 1 aromatic heterocycles. The number of rotatable bonds is 4. The van der Waals surface area contributed by atoms with E-state index < -0.39 is 0 Å². The van der Waals surface area contributed by atoms with Gasteiger partial charge in [-0.3, -0.25) is 0 Å². The first kappa shape index (κ1) is 15.1. The number of methoxy groups -OCH3 is 1. The Kier molecular flexibility index (Phi) is 4.06. The van der Waals surface area contributed by atoms with Crippen molar-refractivity contribution in [3.63, 3.8) is 0 Å². The maximum Gasteiger partial charge on any atom is 0.119 e. The highest BCUT2D eigenvalue weighted by Crippen LogP contribution is 2.40. The van der Waals surface area contributed by atoms with Crippen molar-refractivity contribution in [2.75, 3.05) is 20.7 Å². The van der Waals surface area contributed by atoms with Crippen LogP contribution >= 0.6 is 0 Å². The van der Waals surface area contributed by atoms with Gasteiger partial charge in [-0.15, -0.1) is 0 Å². The summed E-state index contributed by atoms with van der Waals surface area (Å²) in [5.74, 6) is 1.70. The van der Waals surface area contributed by atoms with E-state index in [-0.39, 0.29) is 0 Å². The Labute approximate surface area is 139 Å². The quantitative estimate of drug-likeness (QED) is 0.902. The number of benzene rings is 1. The summed E-state index contributed by atoms with van der Waals surface area (Å²) >= 11 is 0. The van der Waals surface area contributed by atoms with Crippen LogP contribution in [0.5, 0.6) is 5.75 Å². The molecule has 0 amide bonds. The minimum Gasteiger partial charge on any atom is -0.497 e. The van der Waals surface area contributed by atoms with Gasteiger partial charge in [-0.05, 0) is 75.4 Å². The molecule has 1 saturated carbocycles. The number of ether oxygens (including phenoxy) is 1. The Morgan fingerprint density at radius 3 is 2.70 bits per heavy atom. The van der Waals surface area contributed by atoms with Crippen LogP contribution in [0, 0.1) is 0 Å². The third-order valence-electron chi connectivity index (χ3n) is 6.02. The maximum atomic E-state index is 5.48. The molecule has 0 bridgehead atoms. The van der Waals surface area contributed by atoms with Gasteiger partial charge in [0.2, 0.25) is 0 Å². The van der Waals surface area contributed by atoms with Gasteiger partial charge in [0.1, 0.15) is 5.75 Å². The fraction of sp³-hybridized carbons (Fsp3) is 0.600. The van der Waals surface area contributed by atoms with Crippen LogP contribution < -0.4 is 4.74 Å². The summed E-state index contributed by atoms with van der Waals surface area (Å²) in [6.07, 6.45) is 9.30. The zero-order valence-corrected chi connectivity index (χ0v) is 14.4. The van der Waals surface area contributed by atoms with Crippen LogP contribution in [-0.2, 0) is 6.42 Å². The van der Waals surface area contributed by atoms with E-state index in [0.717, 1.165) is 11.7 Å². The average Bonchev–Trinajstić information content (AvgIpc) is 3.29. The lowest BCUT2D eigenvalue weighted by atomic mass is 9.94. The minimum absolute atomic E-state index is 0.695. The first-order valence-corrected chi connectivity index (χ1v) is 9.15. The van der Waals surface area contributed by atoms with Crippen LogP contribution in [0.25, 0.3) is 10.9 Å². The van der Waals surface area contributed by atoms with Gasteiger partial charge >= 0.3 is 0 Å². The molecular weight excluding hydrogens is 284 g/mol. The number of hydrogen-bond acceptors (Lipinski definition) is 2. The molecule has 2 fully saturated rings. The molecule has 1 aliphatic heterocycles. The summed E-state index contributed by atoms with van der Waals surface area (Å²) in [5.41, 5.74) is 4.36. The van der Waals surface area contributed by atoms with E-state index in [0.29, 0.717) is 6.04 Å². The number of likely N-dealkylation sites (tertiary alicyclic amines) is 1. The second-order valence-electron chi connectivity index (χ2n) is 7.39. The largest absolute Gasteiger partial charge is 0.497 e. The number of fused-ring (bicyclic) bond motifs is 1. The average molecular weight is 312 g/mol. The molecule has 4 rings (SSSR count). The molecule has 1 aliphatic carbocycles. The van der Waals surface area contributed by atoms with Gasteiger partial charge in [0.05, 0.1) is 7.11 Å². The second-order valence-corrected chi connectivity index (χ2v) is 7.39. The van der Waals surface area contributed by atoms with Gasteiger partial charge in [0.15, 0.2) is 0 Å². The smallest absolute Gasteiger partial charge is 0.119 e. The highest BCUT2D eigenvalue weighted by Gasteiger charge is 2.28. The van der Waals surface area contributed by atoms with E-state index in [1.54, 1.807) is 12.7 Å². The maximum absolute atomic E-state index is 5.48. The van der Waals surface area contributed by atoms with E-state index in [4.69, 9.17) is 4.74 Å². The second kappa shape index (κ2) is 6.20. The molecule has 1 N–H and O–H groups in total. The molecular formula is C20H28N2O. The number of aromatic nitrogens is 1. The van der Waals surface area contributed by atoms with Crippen LogP contribution in [0.15, 0.2) is 18.2 Å². The van der Waals surface area contributed by atoms with Crippen LogP contribution in [0.3, 0.4) is 0 Å². The predicted octanol–water partition coefficient (Wildman–Crippen LogP) is 4.47. The Morgan fingerprint density at radius 2 is 2.00 bits per heavy atom. The fourth-order valence-electron chi connectivity index (χ4n) is 4.63. The molecule has 3 heteroatoms. The summed E-state index contributed by atoms with van der Waals surface area (Å²) < 4.78 is 5.48. The molecule has 2 heterocycles. The van der Waals surface area contributed by atoms with Gasteiger partial charge < -0.3 is 14.6 Å². The SMILES string of the molecule is COc1ccc2[nH]c(C3CCCC3)c(C[C@H]3CCCN3C)c2c1. The number of hydrogen-bond donors (Lipinski definition) is 1.